The summed E-state index contributed by atoms with van der Waals surface area (Å²) < 4.78 is 6.21. The number of rotatable bonds is 4. The fourth-order valence-electron chi connectivity index (χ4n) is 1.72. The Morgan fingerprint density at radius 2 is 2.44 bits per heavy atom. The number of hydrogen-bond donors (Lipinski definition) is 1. The average molecular weight is 283 g/mol. The van der Waals surface area contributed by atoms with E-state index < -0.39 is 0 Å². The van der Waals surface area contributed by atoms with Gasteiger partial charge in [-0.15, -0.1) is 23.7 Å². The first-order valence-electron chi connectivity index (χ1n) is 5.26. The van der Waals surface area contributed by atoms with E-state index in [1.807, 2.05) is 0 Å². The third-order valence-electron chi connectivity index (χ3n) is 2.50. The molecule has 1 fully saturated rings. The zero-order chi connectivity index (χ0) is 10.5. The maximum Gasteiger partial charge on any atom is 0.183 e. The van der Waals surface area contributed by atoms with Crippen LogP contribution in [0.4, 0.5) is 0 Å². The number of aromatic nitrogens is 1. The molecule has 0 bridgehead atoms. The molecule has 1 aromatic heterocycles. The fraction of sp³-hybridized carbons (Fsp3) is 0.700. The number of nitrogens with zero attached hydrogens (tertiary/aromatic N) is 1. The Labute approximate surface area is 111 Å². The van der Waals surface area contributed by atoms with Crippen LogP contribution in [0.1, 0.15) is 24.1 Å². The lowest BCUT2D eigenvalue weighted by Crippen LogP contribution is -2.37. The predicted molar refractivity (Wildman–Crippen MR) is 69.7 cm³/mol. The number of hydrogen-bond acceptors (Lipinski definition) is 4. The Bertz CT molecular complexity index is 303. The molecule has 1 aliphatic rings. The van der Waals surface area contributed by atoms with Crippen LogP contribution in [0.2, 0.25) is 4.47 Å². The van der Waals surface area contributed by atoms with Crippen LogP contribution in [0.3, 0.4) is 0 Å². The summed E-state index contributed by atoms with van der Waals surface area (Å²) in [4.78, 5) is 5.06. The van der Waals surface area contributed by atoms with Gasteiger partial charge in [-0.3, -0.25) is 0 Å². The molecule has 1 aromatic rings. The van der Waals surface area contributed by atoms with E-state index in [0.29, 0.717) is 17.1 Å². The highest BCUT2D eigenvalue weighted by Crippen LogP contribution is 2.18. The summed E-state index contributed by atoms with van der Waals surface area (Å²) in [6, 6.07) is 0.530. The van der Waals surface area contributed by atoms with Gasteiger partial charge in [-0.1, -0.05) is 18.0 Å². The lowest BCUT2D eigenvalue weighted by atomic mass is 10.1. The molecular weight excluding hydrogens is 267 g/mol. The second-order valence-electron chi connectivity index (χ2n) is 3.74. The summed E-state index contributed by atoms with van der Waals surface area (Å²) in [7, 11) is 0. The third kappa shape index (κ3) is 4.55. The molecule has 1 N–H and O–H groups in total. The summed E-state index contributed by atoms with van der Waals surface area (Å²) >= 11 is 7.21. The van der Waals surface area contributed by atoms with Crippen molar-refractivity contribution in [1.29, 1.82) is 0 Å². The van der Waals surface area contributed by atoms with Gasteiger partial charge in [0.25, 0.3) is 0 Å². The van der Waals surface area contributed by atoms with E-state index in [2.05, 4.69) is 10.3 Å². The van der Waals surface area contributed by atoms with Gasteiger partial charge < -0.3 is 10.1 Å². The van der Waals surface area contributed by atoms with Crippen molar-refractivity contribution in [2.75, 3.05) is 13.2 Å². The normalized spacial score (nSPS) is 20.4. The molecule has 6 heteroatoms. The van der Waals surface area contributed by atoms with Crippen molar-refractivity contribution in [3.8, 4) is 0 Å². The van der Waals surface area contributed by atoms with E-state index in [9.17, 15) is 0 Å². The summed E-state index contributed by atoms with van der Waals surface area (Å²) in [5, 5.41) is 3.45. The van der Waals surface area contributed by atoms with Crippen LogP contribution in [0, 0.1) is 0 Å². The van der Waals surface area contributed by atoms with Crippen molar-refractivity contribution in [3.63, 3.8) is 0 Å². The number of nitrogens with one attached hydrogen (secondary N) is 1. The molecule has 0 radical (unpaired) electrons. The Hall–Kier alpha value is 0.130. The molecule has 0 amide bonds. The monoisotopic (exact) mass is 282 g/mol. The van der Waals surface area contributed by atoms with Crippen LogP contribution >= 0.6 is 35.3 Å². The van der Waals surface area contributed by atoms with Crippen LogP contribution in [-0.4, -0.2) is 24.2 Å². The number of piperidine rings is 1. The lowest BCUT2D eigenvalue weighted by Gasteiger charge is -2.22. The SMILES string of the molecule is Cl.Clc1ncc(COCC2CCCCN2)s1. The quantitative estimate of drug-likeness (QED) is 0.922. The zero-order valence-corrected chi connectivity index (χ0v) is 11.3. The minimum atomic E-state index is 0. The zero-order valence-electron chi connectivity index (χ0n) is 8.95. The van der Waals surface area contributed by atoms with Crippen LogP contribution in [-0.2, 0) is 11.3 Å². The van der Waals surface area contributed by atoms with Gasteiger partial charge in [0.2, 0.25) is 0 Å². The van der Waals surface area contributed by atoms with E-state index in [0.717, 1.165) is 18.0 Å². The van der Waals surface area contributed by atoms with Crippen molar-refractivity contribution >= 4 is 35.3 Å². The molecule has 0 aliphatic carbocycles. The first kappa shape index (κ1) is 14.2. The van der Waals surface area contributed by atoms with Gasteiger partial charge >= 0.3 is 0 Å². The summed E-state index contributed by atoms with van der Waals surface area (Å²) in [5.74, 6) is 0. The van der Waals surface area contributed by atoms with Crippen molar-refractivity contribution in [1.82, 2.24) is 10.3 Å². The Balaban J connectivity index is 0.00000128. The van der Waals surface area contributed by atoms with Gasteiger partial charge in [0.1, 0.15) is 0 Å². The number of ether oxygens (including phenoxy) is 1. The minimum absolute atomic E-state index is 0. The summed E-state index contributed by atoms with van der Waals surface area (Å²) in [6.45, 7) is 2.54. The van der Waals surface area contributed by atoms with Crippen molar-refractivity contribution < 1.29 is 4.74 Å². The molecule has 92 valence electrons. The summed E-state index contributed by atoms with van der Waals surface area (Å²) in [5.41, 5.74) is 0. The third-order valence-corrected chi connectivity index (χ3v) is 3.59. The molecule has 1 aliphatic heterocycles. The van der Waals surface area contributed by atoms with E-state index >= 15 is 0 Å². The van der Waals surface area contributed by atoms with E-state index in [1.165, 1.54) is 30.6 Å². The highest BCUT2D eigenvalue weighted by molar-refractivity contribution is 7.15. The van der Waals surface area contributed by atoms with Crippen LogP contribution < -0.4 is 5.32 Å². The predicted octanol–water partition coefficient (Wildman–Crippen LogP) is 2.88. The smallest absolute Gasteiger partial charge is 0.183 e. The topological polar surface area (TPSA) is 34.1 Å². The molecule has 0 spiro atoms. The second kappa shape index (κ2) is 7.45. The van der Waals surface area contributed by atoms with Crippen molar-refractivity contribution in [2.45, 2.75) is 31.9 Å². The lowest BCUT2D eigenvalue weighted by molar-refractivity contribution is 0.0927. The summed E-state index contributed by atoms with van der Waals surface area (Å²) in [6.07, 6.45) is 5.61. The molecule has 3 nitrogen and oxygen atoms in total. The molecule has 2 rings (SSSR count). The first-order chi connectivity index (χ1) is 7.34. The van der Waals surface area contributed by atoms with Gasteiger partial charge in [-0.25, -0.2) is 4.98 Å². The Morgan fingerprint density at radius 1 is 1.56 bits per heavy atom. The first-order valence-corrected chi connectivity index (χ1v) is 6.45. The van der Waals surface area contributed by atoms with Gasteiger partial charge in [0.05, 0.1) is 18.1 Å². The van der Waals surface area contributed by atoms with Crippen LogP contribution in [0.15, 0.2) is 6.20 Å². The molecular formula is C10H16Cl2N2OS. The second-order valence-corrected chi connectivity index (χ2v) is 5.44. The minimum Gasteiger partial charge on any atom is -0.374 e. The van der Waals surface area contributed by atoms with Crippen molar-refractivity contribution in [3.05, 3.63) is 15.5 Å². The molecule has 1 unspecified atom stereocenters. The number of halogens is 2. The fourth-order valence-corrected chi connectivity index (χ4v) is 2.63. The molecule has 16 heavy (non-hydrogen) atoms. The standard InChI is InChI=1S/C10H15ClN2OS.ClH/c11-10-13-5-9(15-10)7-14-6-8-3-1-2-4-12-8;/h5,8,12H,1-4,6-7H2;1H. The Kier molecular flexibility index (Phi) is 6.61. The highest BCUT2D eigenvalue weighted by Gasteiger charge is 2.12. The average Bonchev–Trinajstić information content (AvgIpc) is 2.66. The highest BCUT2D eigenvalue weighted by atomic mass is 35.5. The van der Waals surface area contributed by atoms with Crippen molar-refractivity contribution in [2.24, 2.45) is 0 Å². The molecule has 2 heterocycles. The van der Waals surface area contributed by atoms with Gasteiger partial charge in [0.15, 0.2) is 4.47 Å². The maximum absolute atomic E-state index is 5.73. The molecule has 1 saturated heterocycles. The Morgan fingerprint density at radius 3 is 3.06 bits per heavy atom. The molecule has 0 saturated carbocycles. The molecule has 1 atom stereocenters. The molecule has 0 aromatic carbocycles. The maximum atomic E-state index is 5.73. The largest absolute Gasteiger partial charge is 0.374 e. The van der Waals surface area contributed by atoms with E-state index in [1.54, 1.807) is 6.20 Å². The van der Waals surface area contributed by atoms with Crippen LogP contribution in [0.5, 0.6) is 0 Å². The number of thiazole rings is 1. The van der Waals surface area contributed by atoms with Gasteiger partial charge in [-0.05, 0) is 19.4 Å². The van der Waals surface area contributed by atoms with E-state index in [-0.39, 0.29) is 12.4 Å². The van der Waals surface area contributed by atoms with E-state index in [4.69, 9.17) is 16.3 Å². The van der Waals surface area contributed by atoms with Crippen LogP contribution in [0.25, 0.3) is 0 Å². The van der Waals surface area contributed by atoms with Gasteiger partial charge in [0, 0.05) is 12.2 Å². The van der Waals surface area contributed by atoms with Gasteiger partial charge in [-0.2, -0.15) is 0 Å².